The van der Waals surface area contributed by atoms with Crippen LogP contribution in [0.5, 0.6) is 5.75 Å². The van der Waals surface area contributed by atoms with Gasteiger partial charge in [-0.2, -0.15) is 13.2 Å². The Bertz CT molecular complexity index is 1400. The van der Waals surface area contributed by atoms with Crippen molar-refractivity contribution in [2.24, 2.45) is 5.73 Å². The van der Waals surface area contributed by atoms with Crippen molar-refractivity contribution in [2.45, 2.75) is 44.1 Å². The summed E-state index contributed by atoms with van der Waals surface area (Å²) in [5.74, 6) is 0.870. The first-order valence-corrected chi connectivity index (χ1v) is 11.7. The second-order valence-corrected chi connectivity index (χ2v) is 9.85. The van der Waals surface area contributed by atoms with E-state index in [9.17, 15) is 18.3 Å². The molecule has 0 radical (unpaired) electrons. The van der Waals surface area contributed by atoms with Crippen LogP contribution in [0.15, 0.2) is 48.7 Å². The fourth-order valence-corrected chi connectivity index (χ4v) is 4.47. The van der Waals surface area contributed by atoms with Crippen molar-refractivity contribution in [3.05, 3.63) is 54.2 Å². The van der Waals surface area contributed by atoms with Gasteiger partial charge in [0.05, 0.1) is 11.1 Å². The van der Waals surface area contributed by atoms with E-state index < -0.39 is 17.8 Å². The molecule has 5 rings (SSSR count). The van der Waals surface area contributed by atoms with E-state index in [0.29, 0.717) is 34.9 Å². The molecule has 190 valence electrons. The van der Waals surface area contributed by atoms with E-state index in [1.807, 2.05) is 12.1 Å². The van der Waals surface area contributed by atoms with Gasteiger partial charge in [-0.1, -0.05) is 12.1 Å². The Kier molecular flexibility index (Phi) is 6.09. The monoisotopic (exact) mass is 500 g/mol. The molecule has 1 fully saturated rings. The van der Waals surface area contributed by atoms with E-state index in [-0.39, 0.29) is 31.3 Å². The second-order valence-electron chi connectivity index (χ2n) is 9.85. The summed E-state index contributed by atoms with van der Waals surface area (Å²) in [6.07, 6.45) is -2.51. The predicted molar refractivity (Wildman–Crippen MR) is 128 cm³/mol. The molecule has 0 saturated carbocycles. The number of alkyl halides is 3. The van der Waals surface area contributed by atoms with Gasteiger partial charge in [-0.25, -0.2) is 4.98 Å². The molecule has 0 spiro atoms. The highest BCUT2D eigenvalue weighted by atomic mass is 19.4. The first kappa shape index (κ1) is 24.4. The largest absolute Gasteiger partial charge is 0.491 e. The predicted octanol–water partition coefficient (Wildman–Crippen LogP) is 3.73. The van der Waals surface area contributed by atoms with Gasteiger partial charge >= 0.3 is 6.18 Å². The van der Waals surface area contributed by atoms with Crippen molar-refractivity contribution < 1.29 is 23.0 Å². The average molecular weight is 501 g/mol. The number of aromatic nitrogens is 4. The van der Waals surface area contributed by atoms with E-state index >= 15 is 0 Å². The fraction of sp³-hybridized carbons (Fsp3) is 0.400. The Morgan fingerprint density at radius 3 is 2.61 bits per heavy atom. The summed E-state index contributed by atoms with van der Waals surface area (Å²) >= 11 is 0. The van der Waals surface area contributed by atoms with E-state index in [0.717, 1.165) is 5.39 Å². The van der Waals surface area contributed by atoms with Gasteiger partial charge in [-0.05, 0) is 50.1 Å². The summed E-state index contributed by atoms with van der Waals surface area (Å²) in [6.45, 7) is 3.87. The lowest BCUT2D eigenvalue weighted by atomic mass is 10.1. The third-order valence-electron chi connectivity index (χ3n) is 6.16. The highest BCUT2D eigenvalue weighted by Gasteiger charge is 2.46. The highest BCUT2D eigenvalue weighted by molar-refractivity contribution is 5.82. The molecule has 36 heavy (non-hydrogen) atoms. The zero-order valence-electron chi connectivity index (χ0n) is 19.9. The molecular formula is C25H27F3N6O2. The number of likely N-dealkylation sites (tertiary alicyclic amines) is 1. The molecular weight excluding hydrogens is 473 g/mol. The summed E-state index contributed by atoms with van der Waals surface area (Å²) in [4.78, 5) is 6.04. The lowest BCUT2D eigenvalue weighted by molar-refractivity contribution is -0.183. The highest BCUT2D eigenvalue weighted by Crippen LogP contribution is 2.39. The van der Waals surface area contributed by atoms with E-state index in [1.54, 1.807) is 32.0 Å². The molecule has 4 heterocycles. The number of nitrogens with zero attached hydrogens (tertiary/aromatic N) is 5. The quantitative estimate of drug-likeness (QED) is 0.416. The van der Waals surface area contributed by atoms with Gasteiger partial charge in [0.1, 0.15) is 24.1 Å². The standard InChI is InChI=1S/C25H27F3N6O2/c1-24(2,35)14-36-18-6-3-15-4-7-19(30-20(15)11-18)23-32-31-21-8-5-16(12-34(21)23)22(25(26,27)28)33-10-9-17(29)13-33/h3-8,11-12,17,22,35H,9-10,13-14,29H2,1-2H3/t17?,22-/m1/s1. The van der Waals surface area contributed by atoms with Crippen LogP contribution in [-0.4, -0.2) is 67.1 Å². The van der Waals surface area contributed by atoms with Crippen molar-refractivity contribution in [3.8, 4) is 17.3 Å². The zero-order valence-corrected chi connectivity index (χ0v) is 19.9. The first-order chi connectivity index (χ1) is 17.0. The van der Waals surface area contributed by atoms with Crippen LogP contribution >= 0.6 is 0 Å². The third kappa shape index (κ3) is 4.99. The molecule has 4 aromatic rings. The van der Waals surface area contributed by atoms with Crippen LogP contribution in [0, 0.1) is 0 Å². The lowest BCUT2D eigenvalue weighted by Gasteiger charge is -2.30. The Morgan fingerprint density at radius 1 is 1.14 bits per heavy atom. The fourth-order valence-electron chi connectivity index (χ4n) is 4.47. The van der Waals surface area contributed by atoms with Crippen LogP contribution in [0.2, 0.25) is 0 Å². The van der Waals surface area contributed by atoms with Crippen molar-refractivity contribution in [1.82, 2.24) is 24.5 Å². The number of aliphatic hydroxyl groups is 1. The van der Waals surface area contributed by atoms with Gasteiger partial charge < -0.3 is 15.6 Å². The molecule has 1 saturated heterocycles. The maximum atomic E-state index is 14.1. The number of nitrogens with two attached hydrogens (primary N) is 1. The van der Waals surface area contributed by atoms with Crippen molar-refractivity contribution in [2.75, 3.05) is 19.7 Å². The zero-order chi connectivity index (χ0) is 25.7. The normalized spacial score (nSPS) is 18.2. The number of halogens is 3. The smallest absolute Gasteiger partial charge is 0.408 e. The number of fused-ring (bicyclic) bond motifs is 2. The van der Waals surface area contributed by atoms with Crippen molar-refractivity contribution >= 4 is 16.6 Å². The summed E-state index contributed by atoms with van der Waals surface area (Å²) in [5, 5.41) is 19.1. The van der Waals surface area contributed by atoms with Crippen LogP contribution in [0.4, 0.5) is 13.2 Å². The molecule has 1 aliphatic rings. The number of pyridine rings is 2. The van der Waals surface area contributed by atoms with Gasteiger partial charge in [0.25, 0.3) is 0 Å². The summed E-state index contributed by atoms with van der Waals surface area (Å²) < 4.78 is 49.6. The van der Waals surface area contributed by atoms with Crippen LogP contribution in [-0.2, 0) is 0 Å². The molecule has 11 heteroatoms. The first-order valence-electron chi connectivity index (χ1n) is 11.7. The van der Waals surface area contributed by atoms with E-state index in [2.05, 4.69) is 15.2 Å². The molecule has 8 nitrogen and oxygen atoms in total. The lowest BCUT2D eigenvalue weighted by Crippen LogP contribution is -2.38. The molecule has 1 aliphatic heterocycles. The van der Waals surface area contributed by atoms with Gasteiger partial charge in [-0.3, -0.25) is 9.30 Å². The van der Waals surface area contributed by atoms with Crippen LogP contribution in [0.25, 0.3) is 28.1 Å². The second kappa shape index (κ2) is 8.99. The topological polar surface area (TPSA) is 102 Å². The summed E-state index contributed by atoms with van der Waals surface area (Å²) in [6, 6.07) is 9.91. The maximum absolute atomic E-state index is 14.1. The summed E-state index contributed by atoms with van der Waals surface area (Å²) in [7, 11) is 0. The Morgan fingerprint density at radius 2 is 1.92 bits per heavy atom. The number of rotatable bonds is 6. The molecule has 0 amide bonds. The van der Waals surface area contributed by atoms with Crippen LogP contribution in [0.1, 0.15) is 31.9 Å². The Hall–Kier alpha value is -3.28. The van der Waals surface area contributed by atoms with Gasteiger partial charge in [-0.15, -0.1) is 10.2 Å². The van der Waals surface area contributed by atoms with Gasteiger partial charge in [0.15, 0.2) is 11.5 Å². The molecule has 1 unspecified atom stereocenters. The summed E-state index contributed by atoms with van der Waals surface area (Å²) in [5.41, 5.74) is 6.48. The SMILES string of the molecule is CC(C)(O)COc1ccc2ccc(-c3nnc4ccc([C@@H](N5CCC(N)C5)C(F)(F)F)cn34)nc2c1. The number of hydrogen-bond donors (Lipinski definition) is 2. The number of ether oxygens (including phenoxy) is 1. The van der Waals surface area contributed by atoms with Gasteiger partial charge in [0.2, 0.25) is 0 Å². The molecule has 0 bridgehead atoms. The van der Waals surface area contributed by atoms with Crippen molar-refractivity contribution in [3.63, 3.8) is 0 Å². The molecule has 1 aromatic carbocycles. The minimum absolute atomic E-state index is 0.0910. The minimum Gasteiger partial charge on any atom is -0.491 e. The molecule has 0 aliphatic carbocycles. The third-order valence-corrected chi connectivity index (χ3v) is 6.16. The van der Waals surface area contributed by atoms with Crippen molar-refractivity contribution in [1.29, 1.82) is 0 Å². The van der Waals surface area contributed by atoms with Crippen LogP contribution in [0.3, 0.4) is 0 Å². The molecule has 3 aromatic heterocycles. The Labute approximate surface area is 205 Å². The minimum atomic E-state index is -4.47. The Balaban J connectivity index is 1.52. The number of hydrogen-bond acceptors (Lipinski definition) is 7. The number of benzene rings is 1. The van der Waals surface area contributed by atoms with Gasteiger partial charge in [0, 0.05) is 36.8 Å². The average Bonchev–Trinajstić information content (AvgIpc) is 3.42. The maximum Gasteiger partial charge on any atom is 0.408 e. The molecule has 3 N–H and O–H groups in total. The van der Waals surface area contributed by atoms with E-state index in [1.165, 1.54) is 27.6 Å². The van der Waals surface area contributed by atoms with E-state index in [4.69, 9.17) is 10.5 Å². The van der Waals surface area contributed by atoms with Crippen LogP contribution < -0.4 is 10.5 Å². The molecule has 2 atom stereocenters.